The molecule has 0 bridgehead atoms. The van der Waals surface area contributed by atoms with Gasteiger partial charge in [0.2, 0.25) is 0 Å². The summed E-state index contributed by atoms with van der Waals surface area (Å²) in [7, 11) is 0. The molecule has 0 aliphatic heterocycles. The second-order valence-electron chi connectivity index (χ2n) is 5.95. The zero-order valence-corrected chi connectivity index (χ0v) is 13.9. The summed E-state index contributed by atoms with van der Waals surface area (Å²) in [5, 5.41) is 0. The van der Waals surface area contributed by atoms with E-state index in [-0.39, 0.29) is 35.6 Å². The Balaban J connectivity index is 0. The van der Waals surface area contributed by atoms with Crippen LogP contribution in [0.2, 0.25) is 0 Å². The Bertz CT molecular complexity index is 332. The largest absolute Gasteiger partial charge is 1.00 e. The molecule has 0 fully saturated rings. The first-order valence-electron chi connectivity index (χ1n) is 5.08. The second kappa shape index (κ2) is 5.95. The van der Waals surface area contributed by atoms with E-state index in [1.165, 1.54) is 15.1 Å². The number of aromatic nitrogens is 1. The van der Waals surface area contributed by atoms with Gasteiger partial charge in [0.1, 0.15) is 0 Å². The number of aromatic amines is 1. The Morgan fingerprint density at radius 1 is 0.938 bits per heavy atom. The average molecular weight is 297 g/mol. The first-order valence-corrected chi connectivity index (χ1v) is 5.86. The van der Waals surface area contributed by atoms with Crippen molar-refractivity contribution in [3.8, 4) is 0 Å². The molecule has 0 amide bonds. The average Bonchev–Trinajstić information content (AvgIpc) is 2.27. The molecule has 0 saturated heterocycles. The maximum Gasteiger partial charge on any atom is -1.00 e. The molecule has 0 radical (unpaired) electrons. The molecule has 16 heavy (non-hydrogen) atoms. The van der Waals surface area contributed by atoms with Gasteiger partial charge in [-0.1, -0.05) is 0 Å². The number of rotatable bonds is 0. The summed E-state index contributed by atoms with van der Waals surface area (Å²) in [6.45, 7) is 13.6. The van der Waals surface area contributed by atoms with Gasteiger partial charge in [0, 0.05) is 0 Å². The third kappa shape index (κ3) is 4.11. The number of hydrogen-bond donors (Lipinski definition) is 1. The Kier molecular flexibility index (Phi) is 7.04. The fourth-order valence-corrected chi connectivity index (χ4v) is 2.70. The van der Waals surface area contributed by atoms with Crippen molar-refractivity contribution in [3.05, 3.63) is 17.3 Å². The van der Waals surface area contributed by atoms with Gasteiger partial charge in [-0.15, -0.1) is 0 Å². The third-order valence-corrected chi connectivity index (χ3v) is 3.05. The molecular formula is C12H20Cl2NTi. The topological polar surface area (TPSA) is 15.8 Å². The van der Waals surface area contributed by atoms with Crippen molar-refractivity contribution < 1.29 is 45.2 Å². The normalized spacial score (nSPS) is 11.8. The molecule has 0 saturated carbocycles. The van der Waals surface area contributed by atoms with Gasteiger partial charge in [0.05, 0.1) is 0 Å². The molecule has 0 unspecified atom stereocenters. The van der Waals surface area contributed by atoms with Gasteiger partial charge in [-0.2, -0.15) is 0 Å². The van der Waals surface area contributed by atoms with Gasteiger partial charge in [-0.3, -0.25) is 0 Å². The molecule has 0 atom stereocenters. The standard InChI is InChI=1S/C12H20N.2ClH.Ti/c1-11(2,3)9-7-13-8-10(9)12(4,5)6;;;/h7,13H,1-6H3;2*1H;/q;;;+2/p-2. The SMILES string of the molecule is CC(C)(C)c1c[nH][c]([Ti+2])c1C(C)(C)C.[Cl-].[Cl-]. The van der Waals surface area contributed by atoms with Crippen LogP contribution in [-0.4, -0.2) is 4.98 Å². The van der Waals surface area contributed by atoms with Crippen LogP contribution in [-0.2, 0) is 31.3 Å². The van der Waals surface area contributed by atoms with Crippen LogP contribution in [0.25, 0.3) is 0 Å². The molecule has 1 N–H and O–H groups in total. The summed E-state index contributed by atoms with van der Waals surface area (Å²) in [6.07, 6.45) is 2.16. The van der Waals surface area contributed by atoms with Crippen LogP contribution >= 0.6 is 0 Å². The van der Waals surface area contributed by atoms with Gasteiger partial charge >= 0.3 is 99.1 Å². The quantitative estimate of drug-likeness (QED) is 0.485. The maximum absolute atomic E-state index is 3.35. The van der Waals surface area contributed by atoms with Crippen LogP contribution in [0, 0.1) is 0 Å². The summed E-state index contributed by atoms with van der Waals surface area (Å²) in [5.41, 5.74) is 3.38. The first kappa shape index (κ1) is 18.9. The Hall–Kier alpha value is 0.574. The molecule has 1 heterocycles. The second-order valence-corrected chi connectivity index (χ2v) is 6.73. The van der Waals surface area contributed by atoms with E-state index in [0.717, 1.165) is 0 Å². The minimum absolute atomic E-state index is 0. The summed E-state index contributed by atoms with van der Waals surface area (Å²) in [5.74, 6) is 0. The fourth-order valence-electron chi connectivity index (χ4n) is 1.79. The molecule has 0 aliphatic carbocycles. The maximum atomic E-state index is 3.35. The number of nitrogens with one attached hydrogen (secondary N) is 1. The molecule has 1 aromatic heterocycles. The van der Waals surface area contributed by atoms with E-state index >= 15 is 0 Å². The van der Waals surface area contributed by atoms with Crippen LogP contribution in [0.15, 0.2) is 6.20 Å². The Morgan fingerprint density at radius 3 is 1.62 bits per heavy atom. The van der Waals surface area contributed by atoms with Gasteiger partial charge in [0.25, 0.3) is 0 Å². The van der Waals surface area contributed by atoms with E-state index < -0.39 is 0 Å². The number of H-pyrrole nitrogens is 1. The van der Waals surface area contributed by atoms with Crippen molar-refractivity contribution in [1.82, 2.24) is 4.98 Å². The minimum Gasteiger partial charge on any atom is -1.00 e. The molecule has 0 aromatic carbocycles. The van der Waals surface area contributed by atoms with Crippen molar-refractivity contribution >= 4 is 4.00 Å². The molecule has 0 aliphatic rings. The molecule has 4 heteroatoms. The predicted molar refractivity (Wildman–Crippen MR) is 57.8 cm³/mol. The Labute approximate surface area is 123 Å². The van der Waals surface area contributed by atoms with Crippen LogP contribution in [0.5, 0.6) is 0 Å². The van der Waals surface area contributed by atoms with E-state index in [2.05, 4.69) is 73.2 Å². The molecule has 1 rings (SSSR count). The number of halogens is 2. The summed E-state index contributed by atoms with van der Waals surface area (Å²) in [6, 6.07) is 0. The van der Waals surface area contributed by atoms with E-state index in [9.17, 15) is 0 Å². The van der Waals surface area contributed by atoms with E-state index in [1.807, 2.05) is 0 Å². The van der Waals surface area contributed by atoms with Crippen LogP contribution in [0.3, 0.4) is 0 Å². The monoisotopic (exact) mass is 296 g/mol. The summed E-state index contributed by atoms with van der Waals surface area (Å²) >= 11 is 2.16. The van der Waals surface area contributed by atoms with E-state index in [0.29, 0.717) is 0 Å². The minimum atomic E-state index is 0. The zero-order valence-electron chi connectivity index (χ0n) is 10.8. The summed E-state index contributed by atoms with van der Waals surface area (Å²) < 4.78 is 1.31. The van der Waals surface area contributed by atoms with E-state index in [4.69, 9.17) is 0 Å². The molecular weight excluding hydrogens is 277 g/mol. The van der Waals surface area contributed by atoms with Crippen LogP contribution in [0.1, 0.15) is 52.7 Å². The fraction of sp³-hybridized carbons (Fsp3) is 0.667. The molecule has 1 nitrogen and oxygen atoms in total. The number of hydrogen-bond acceptors (Lipinski definition) is 0. The molecule has 0 spiro atoms. The van der Waals surface area contributed by atoms with Crippen molar-refractivity contribution in [2.75, 3.05) is 0 Å². The molecule has 1 aromatic rings. The van der Waals surface area contributed by atoms with Crippen molar-refractivity contribution in [2.45, 2.75) is 52.4 Å². The van der Waals surface area contributed by atoms with Gasteiger partial charge < -0.3 is 24.8 Å². The smallest absolute Gasteiger partial charge is 1.00 e. The Morgan fingerprint density at radius 2 is 1.38 bits per heavy atom. The zero-order chi connectivity index (χ0) is 11.1. The van der Waals surface area contributed by atoms with Crippen molar-refractivity contribution in [3.63, 3.8) is 0 Å². The van der Waals surface area contributed by atoms with Crippen LogP contribution in [0.4, 0.5) is 0 Å². The van der Waals surface area contributed by atoms with Crippen molar-refractivity contribution in [2.24, 2.45) is 0 Å². The van der Waals surface area contributed by atoms with Crippen LogP contribution < -0.4 is 28.8 Å². The van der Waals surface area contributed by atoms with Crippen molar-refractivity contribution in [1.29, 1.82) is 0 Å². The predicted octanol–water partition coefficient (Wildman–Crippen LogP) is -3.21. The van der Waals surface area contributed by atoms with Gasteiger partial charge in [-0.05, 0) is 0 Å². The van der Waals surface area contributed by atoms with E-state index in [1.54, 1.807) is 0 Å². The van der Waals surface area contributed by atoms with Gasteiger partial charge in [-0.25, -0.2) is 0 Å². The van der Waals surface area contributed by atoms with Gasteiger partial charge in [0.15, 0.2) is 0 Å². The summed E-state index contributed by atoms with van der Waals surface area (Å²) in [4.78, 5) is 3.35. The third-order valence-electron chi connectivity index (χ3n) is 2.44. The molecule has 91 valence electrons. The first-order chi connectivity index (χ1) is 6.14.